The van der Waals surface area contributed by atoms with E-state index in [0.29, 0.717) is 51.9 Å². The maximum Gasteiger partial charge on any atom is 0.148 e. The zero-order valence-electron chi connectivity index (χ0n) is 22.1. The molecule has 39 heavy (non-hydrogen) atoms. The van der Waals surface area contributed by atoms with Gasteiger partial charge in [-0.25, -0.2) is 4.39 Å². The Bertz CT molecular complexity index is 1520. The molecule has 1 aromatic heterocycles. The minimum atomic E-state index is -0.788. The fourth-order valence-electron chi connectivity index (χ4n) is 4.71. The summed E-state index contributed by atoms with van der Waals surface area (Å²) in [6, 6.07) is 15.0. The van der Waals surface area contributed by atoms with Gasteiger partial charge in [0.15, 0.2) is 0 Å². The summed E-state index contributed by atoms with van der Waals surface area (Å²) in [5.74, 6) is -0.314. The molecule has 1 atom stereocenters. The molecule has 11 heteroatoms. The Morgan fingerprint density at radius 2 is 1.97 bits per heavy atom. The maximum absolute atomic E-state index is 13.9. The highest BCUT2D eigenvalue weighted by Crippen LogP contribution is 2.38. The fraction of sp³-hybridized carbons (Fsp3) is 0.321. The second kappa shape index (κ2) is 10.3. The van der Waals surface area contributed by atoms with E-state index in [1.165, 1.54) is 18.3 Å². The first kappa shape index (κ1) is 26.6. The van der Waals surface area contributed by atoms with Crippen molar-refractivity contribution in [2.75, 3.05) is 17.2 Å². The van der Waals surface area contributed by atoms with Crippen LogP contribution in [0.25, 0.3) is 10.9 Å². The molecule has 1 saturated carbocycles. The Hall–Kier alpha value is -3.99. The third-order valence-electron chi connectivity index (χ3n) is 7.23. The molecule has 1 unspecified atom stereocenters. The van der Waals surface area contributed by atoms with Crippen molar-refractivity contribution in [3.05, 3.63) is 76.5 Å². The number of nitrogens with zero attached hydrogens (tertiary/aromatic N) is 4. The van der Waals surface area contributed by atoms with Crippen LogP contribution in [-0.2, 0) is 5.44 Å². The average molecular weight is 543 g/mol. The van der Waals surface area contributed by atoms with E-state index in [1.807, 2.05) is 34.0 Å². The molecule has 1 aliphatic heterocycles. The second-order valence-corrected chi connectivity index (χ2v) is 11.4. The number of fused-ring (bicyclic) bond motifs is 1. The molecule has 2 aromatic carbocycles. The number of nitriles is 2. The van der Waals surface area contributed by atoms with Crippen molar-refractivity contribution >= 4 is 41.7 Å². The van der Waals surface area contributed by atoms with E-state index in [9.17, 15) is 14.9 Å². The molecule has 0 saturated heterocycles. The molecule has 4 N–H and O–H groups in total. The molecule has 0 radical (unpaired) electrons. The largest absolute Gasteiger partial charge is 0.383 e. The Kier molecular flexibility index (Phi) is 7.02. The predicted molar refractivity (Wildman–Crippen MR) is 153 cm³/mol. The first-order valence-corrected chi connectivity index (χ1v) is 13.2. The first-order chi connectivity index (χ1) is 18.6. The minimum Gasteiger partial charge on any atom is -0.383 e. The highest BCUT2D eigenvalue weighted by molar-refractivity contribution is 6.36. The van der Waals surface area contributed by atoms with E-state index >= 15 is 0 Å². The van der Waals surface area contributed by atoms with Gasteiger partial charge in [0.1, 0.15) is 19.7 Å². The quantitative estimate of drug-likeness (QED) is 0.293. The number of nitrogens with one attached hydrogen (secondary N) is 4. The van der Waals surface area contributed by atoms with Crippen LogP contribution >= 0.6 is 11.6 Å². The summed E-state index contributed by atoms with van der Waals surface area (Å²) in [7, 11) is 2.02. The van der Waals surface area contributed by atoms with Gasteiger partial charge in [-0.3, -0.25) is 9.99 Å². The van der Waals surface area contributed by atoms with Gasteiger partial charge in [-0.1, -0.05) is 37.6 Å². The molecule has 2 heterocycles. The Morgan fingerprint density at radius 1 is 1.23 bits per heavy atom. The van der Waals surface area contributed by atoms with E-state index < -0.39 is 5.44 Å². The Balaban J connectivity index is 1.58. The lowest BCUT2D eigenvalue weighted by Crippen LogP contribution is -2.45. The number of aromatic nitrogens is 1. The summed E-state index contributed by atoms with van der Waals surface area (Å²) in [6.45, 7) is 4.47. The summed E-state index contributed by atoms with van der Waals surface area (Å²) in [6.07, 6.45) is 6.15. The smallest absolute Gasteiger partial charge is 0.148 e. The van der Waals surface area contributed by atoms with E-state index in [4.69, 9.17) is 11.6 Å². The molecule has 0 bridgehead atoms. The minimum absolute atomic E-state index is 0.307. The summed E-state index contributed by atoms with van der Waals surface area (Å²) in [5, 5.41) is 29.2. The van der Waals surface area contributed by atoms with Gasteiger partial charge in [-0.15, -0.1) is 5.53 Å². The van der Waals surface area contributed by atoms with Gasteiger partial charge in [0.25, 0.3) is 0 Å². The molecule has 198 valence electrons. The van der Waals surface area contributed by atoms with Crippen LogP contribution in [0.4, 0.5) is 15.8 Å². The molecule has 1 fully saturated rings. The van der Waals surface area contributed by atoms with E-state index in [0.717, 1.165) is 24.1 Å². The van der Waals surface area contributed by atoms with Crippen LogP contribution in [0.2, 0.25) is 5.02 Å². The van der Waals surface area contributed by atoms with Crippen LogP contribution in [0.1, 0.15) is 44.2 Å². The fourth-order valence-corrected chi connectivity index (χ4v) is 4.98. The lowest BCUT2D eigenvalue weighted by molar-refractivity contribution is 0.260. The highest BCUT2D eigenvalue weighted by atomic mass is 35.5. The second-order valence-electron chi connectivity index (χ2n) is 11.0. The van der Waals surface area contributed by atoms with Crippen molar-refractivity contribution in [2.45, 2.75) is 44.6 Å². The summed E-state index contributed by atoms with van der Waals surface area (Å²) < 4.78 is 13.9. The van der Waals surface area contributed by atoms with Crippen LogP contribution in [-0.4, -0.2) is 30.4 Å². The molecule has 3 aromatic rings. The third kappa shape index (κ3) is 5.45. The Labute approximate surface area is 233 Å². The Morgan fingerprint density at radius 3 is 2.64 bits per heavy atom. The van der Waals surface area contributed by atoms with Crippen LogP contribution in [0, 0.1) is 33.9 Å². The number of rotatable bonds is 9. The molecule has 1 aliphatic carbocycles. The normalized spacial score (nSPS) is 16.6. The van der Waals surface area contributed by atoms with Gasteiger partial charge in [0.05, 0.1) is 39.0 Å². The van der Waals surface area contributed by atoms with Crippen molar-refractivity contribution < 1.29 is 4.39 Å². The molecule has 0 spiro atoms. The monoisotopic (exact) mass is 542 g/mol. The highest BCUT2D eigenvalue weighted by Gasteiger charge is 2.38. The van der Waals surface area contributed by atoms with Gasteiger partial charge in [0, 0.05) is 42.5 Å². The third-order valence-corrected chi connectivity index (χ3v) is 7.52. The molecule has 2 aliphatic rings. The standard InChI is InChI=1S/C28H29BClFN8/c1-27(2,9-10-32)16-35-25-17(13-33)14-34-26-22(25)11-20(12-23(26)30)36-28(29,18-3-5-19(31)6-4-18)24-15-39(38-37-24)21-7-8-21/h3-6,11-12,14-15,21,36-38H,7-9,16,29H2,1-2H3,(H,34,35). The number of pyridine rings is 1. The zero-order valence-corrected chi connectivity index (χ0v) is 22.8. The molecule has 5 rings (SSSR count). The SMILES string of the molecule is BC(Nc1cc(Cl)c2ncc(C#N)c(NCC(C)(C)CC#N)c2c1)(C1=CN(C2CC2)NN1)c1ccc(F)cc1. The van der Waals surface area contributed by atoms with Crippen molar-refractivity contribution in [3.63, 3.8) is 0 Å². The summed E-state index contributed by atoms with van der Waals surface area (Å²) in [5.41, 5.74) is 9.37. The molecule has 8 nitrogen and oxygen atoms in total. The van der Waals surface area contributed by atoms with Gasteiger partial charge in [-0.05, 0) is 48.1 Å². The summed E-state index contributed by atoms with van der Waals surface area (Å²) in [4.78, 5) is 4.46. The lowest BCUT2D eigenvalue weighted by atomic mass is 9.69. The van der Waals surface area contributed by atoms with Crippen LogP contribution in [0.3, 0.4) is 0 Å². The molecular weight excluding hydrogens is 514 g/mol. The van der Waals surface area contributed by atoms with Crippen LogP contribution in [0.5, 0.6) is 0 Å². The number of hydrogen-bond acceptors (Lipinski definition) is 8. The van der Waals surface area contributed by atoms with E-state index in [1.54, 1.807) is 18.2 Å². The lowest BCUT2D eigenvalue weighted by Gasteiger charge is -2.34. The number of hydrogen-bond donors (Lipinski definition) is 4. The van der Waals surface area contributed by atoms with E-state index in [2.05, 4.69) is 43.7 Å². The average Bonchev–Trinajstić information content (AvgIpc) is 3.63. The molecular formula is C28H29BClFN8. The first-order valence-electron chi connectivity index (χ1n) is 12.8. The maximum atomic E-state index is 13.9. The zero-order chi connectivity index (χ0) is 27.8. The van der Waals surface area contributed by atoms with Gasteiger partial charge < -0.3 is 16.1 Å². The van der Waals surface area contributed by atoms with Crippen molar-refractivity contribution in [3.8, 4) is 12.1 Å². The number of halogens is 2. The van der Waals surface area contributed by atoms with E-state index in [-0.39, 0.29) is 11.2 Å². The van der Waals surface area contributed by atoms with Crippen molar-refractivity contribution in [1.29, 1.82) is 10.5 Å². The van der Waals surface area contributed by atoms with Gasteiger partial charge in [0.2, 0.25) is 0 Å². The van der Waals surface area contributed by atoms with Crippen LogP contribution < -0.4 is 21.6 Å². The topological polar surface area (TPSA) is 112 Å². The van der Waals surface area contributed by atoms with Crippen molar-refractivity contribution in [1.82, 2.24) is 21.0 Å². The van der Waals surface area contributed by atoms with Gasteiger partial charge in [-0.2, -0.15) is 10.5 Å². The summed E-state index contributed by atoms with van der Waals surface area (Å²) >= 11 is 6.74. The van der Waals surface area contributed by atoms with Crippen molar-refractivity contribution in [2.24, 2.45) is 5.41 Å². The predicted octanol–water partition coefficient (Wildman–Crippen LogP) is 4.48. The number of hydrazine groups is 2. The van der Waals surface area contributed by atoms with Crippen LogP contribution in [0.15, 0.2) is 54.5 Å². The number of anilines is 2. The molecule has 0 amide bonds. The van der Waals surface area contributed by atoms with Gasteiger partial charge >= 0.3 is 0 Å². The number of benzene rings is 2.